The molecule has 0 unspecified atom stereocenters. The summed E-state index contributed by atoms with van der Waals surface area (Å²) in [7, 11) is 0. The molecule has 1 aromatic rings. The van der Waals surface area contributed by atoms with Gasteiger partial charge in [-0.1, -0.05) is 70.0 Å². The second kappa shape index (κ2) is 5.39. The molecule has 0 bridgehead atoms. The summed E-state index contributed by atoms with van der Waals surface area (Å²) < 4.78 is 0. The van der Waals surface area contributed by atoms with E-state index < -0.39 is 0 Å². The largest absolute Gasteiger partial charge is 0.0799 e. The van der Waals surface area contributed by atoms with E-state index in [1.165, 1.54) is 37.7 Å². The van der Waals surface area contributed by atoms with Crippen molar-refractivity contribution < 1.29 is 0 Å². The molecular formula is C20H28. The Hall–Kier alpha value is -1.04. The fraction of sp³-hybridized carbons (Fsp3) is 0.600. The lowest BCUT2D eigenvalue weighted by Gasteiger charge is -2.49. The van der Waals surface area contributed by atoms with Crippen LogP contribution in [0.1, 0.15) is 69.9 Å². The van der Waals surface area contributed by atoms with Crippen LogP contribution in [-0.4, -0.2) is 0 Å². The van der Waals surface area contributed by atoms with Gasteiger partial charge in [-0.05, 0) is 53.6 Å². The zero-order chi connectivity index (χ0) is 14.2. The molecular weight excluding hydrogens is 240 g/mol. The summed E-state index contributed by atoms with van der Waals surface area (Å²) in [6, 6.07) is 9.04. The van der Waals surface area contributed by atoms with E-state index in [1.54, 1.807) is 5.56 Å². The van der Waals surface area contributed by atoms with E-state index in [4.69, 9.17) is 0 Å². The van der Waals surface area contributed by atoms with Gasteiger partial charge >= 0.3 is 0 Å². The molecule has 3 rings (SSSR count). The lowest BCUT2D eigenvalue weighted by molar-refractivity contribution is 0.0711. The average Bonchev–Trinajstić information content (AvgIpc) is 2.45. The summed E-state index contributed by atoms with van der Waals surface area (Å²) in [6.45, 7) is 7.31. The van der Waals surface area contributed by atoms with Gasteiger partial charge in [0, 0.05) is 0 Å². The van der Waals surface area contributed by atoms with Crippen LogP contribution < -0.4 is 0 Å². The van der Waals surface area contributed by atoms with Crippen LogP contribution in [0.5, 0.6) is 0 Å². The van der Waals surface area contributed by atoms with Gasteiger partial charge in [0.2, 0.25) is 0 Å². The van der Waals surface area contributed by atoms with E-state index in [0.717, 1.165) is 17.8 Å². The minimum Gasteiger partial charge on any atom is -0.0799 e. The van der Waals surface area contributed by atoms with Crippen molar-refractivity contribution in [3.8, 4) is 0 Å². The molecule has 0 N–H and O–H groups in total. The molecule has 108 valence electrons. The molecule has 0 heterocycles. The molecule has 2 aliphatic rings. The highest BCUT2D eigenvalue weighted by Gasteiger charge is 2.43. The Morgan fingerprint density at radius 3 is 2.80 bits per heavy atom. The third-order valence-corrected chi connectivity index (χ3v) is 5.79. The maximum absolute atomic E-state index is 2.54. The molecule has 0 nitrogen and oxygen atoms in total. The van der Waals surface area contributed by atoms with Crippen molar-refractivity contribution in [2.45, 2.75) is 58.8 Å². The molecule has 20 heavy (non-hydrogen) atoms. The van der Waals surface area contributed by atoms with Crippen LogP contribution in [0.15, 0.2) is 30.3 Å². The predicted molar refractivity (Wildman–Crippen MR) is 87.7 cm³/mol. The lowest BCUT2D eigenvalue weighted by atomic mass is 9.56. The number of hydrogen-bond acceptors (Lipinski definition) is 0. The van der Waals surface area contributed by atoms with Gasteiger partial charge in [-0.3, -0.25) is 0 Å². The van der Waals surface area contributed by atoms with Crippen molar-refractivity contribution >= 4 is 6.08 Å². The Balaban J connectivity index is 1.92. The van der Waals surface area contributed by atoms with Crippen molar-refractivity contribution in [1.29, 1.82) is 0 Å². The summed E-state index contributed by atoms with van der Waals surface area (Å²) in [5, 5.41) is 0. The van der Waals surface area contributed by atoms with E-state index in [2.05, 4.69) is 57.2 Å². The first kappa shape index (κ1) is 13.9. The average molecular weight is 268 g/mol. The first-order valence-corrected chi connectivity index (χ1v) is 8.40. The second-order valence-corrected chi connectivity index (χ2v) is 7.45. The summed E-state index contributed by atoms with van der Waals surface area (Å²) in [4.78, 5) is 0. The molecule has 1 saturated carbocycles. The highest BCUT2D eigenvalue weighted by molar-refractivity contribution is 5.58. The fourth-order valence-corrected chi connectivity index (χ4v) is 4.56. The molecule has 1 aromatic carbocycles. The second-order valence-electron chi connectivity index (χ2n) is 7.45. The summed E-state index contributed by atoms with van der Waals surface area (Å²) >= 11 is 0. The molecule has 0 aromatic heterocycles. The number of unbranched alkanes of at least 4 members (excludes halogenated alkanes) is 1. The van der Waals surface area contributed by atoms with Gasteiger partial charge in [-0.2, -0.15) is 0 Å². The Bertz CT molecular complexity index is 495. The summed E-state index contributed by atoms with van der Waals surface area (Å²) in [5.41, 5.74) is 3.58. The Kier molecular flexibility index (Phi) is 3.75. The van der Waals surface area contributed by atoms with Crippen LogP contribution in [0.25, 0.3) is 6.08 Å². The van der Waals surface area contributed by atoms with Gasteiger partial charge in [-0.25, -0.2) is 0 Å². The maximum Gasteiger partial charge on any atom is -0.00899 e. The fourth-order valence-electron chi connectivity index (χ4n) is 4.56. The zero-order valence-electron chi connectivity index (χ0n) is 13.2. The number of hydrogen-bond donors (Lipinski definition) is 0. The van der Waals surface area contributed by atoms with E-state index in [1.807, 2.05) is 0 Å². The molecule has 0 saturated heterocycles. The standard InChI is InChI=1S/C20H28/c1-4-5-10-19-18-12-11-15-8-6-7-9-16(15)17(18)13-14-20(19,2)3/h6-9,11-12,17-19H,4-5,10,13-14H2,1-3H3/t17-,18-,19+/m0/s1. The van der Waals surface area contributed by atoms with Crippen LogP contribution in [0.2, 0.25) is 0 Å². The lowest BCUT2D eigenvalue weighted by Crippen LogP contribution is -2.39. The third kappa shape index (κ3) is 2.34. The van der Waals surface area contributed by atoms with Crippen molar-refractivity contribution in [3.63, 3.8) is 0 Å². The maximum atomic E-state index is 2.54. The third-order valence-electron chi connectivity index (χ3n) is 5.79. The minimum atomic E-state index is 0.507. The smallest absolute Gasteiger partial charge is 0.00899 e. The highest BCUT2D eigenvalue weighted by atomic mass is 14.5. The summed E-state index contributed by atoms with van der Waals surface area (Å²) in [5.74, 6) is 2.39. The van der Waals surface area contributed by atoms with Gasteiger partial charge in [-0.15, -0.1) is 0 Å². The Morgan fingerprint density at radius 2 is 2.00 bits per heavy atom. The molecule has 0 radical (unpaired) electrons. The van der Waals surface area contributed by atoms with Gasteiger partial charge in [0.25, 0.3) is 0 Å². The summed E-state index contributed by atoms with van der Waals surface area (Å²) in [6.07, 6.45) is 11.8. The van der Waals surface area contributed by atoms with Crippen molar-refractivity contribution in [1.82, 2.24) is 0 Å². The molecule has 3 atom stereocenters. The van der Waals surface area contributed by atoms with Crippen molar-refractivity contribution in [3.05, 3.63) is 41.5 Å². The number of benzene rings is 1. The molecule has 0 aliphatic heterocycles. The van der Waals surface area contributed by atoms with Crippen LogP contribution in [0, 0.1) is 17.3 Å². The number of fused-ring (bicyclic) bond motifs is 3. The minimum absolute atomic E-state index is 0.507. The number of allylic oxidation sites excluding steroid dienone is 1. The van der Waals surface area contributed by atoms with Gasteiger partial charge < -0.3 is 0 Å². The van der Waals surface area contributed by atoms with Crippen LogP contribution in [-0.2, 0) is 0 Å². The van der Waals surface area contributed by atoms with E-state index in [0.29, 0.717) is 5.41 Å². The molecule has 0 amide bonds. The first-order chi connectivity index (χ1) is 9.63. The number of rotatable bonds is 3. The van der Waals surface area contributed by atoms with Gasteiger partial charge in [0.1, 0.15) is 0 Å². The molecule has 0 spiro atoms. The molecule has 1 fully saturated rings. The predicted octanol–water partition coefficient (Wildman–Crippen LogP) is 6.04. The van der Waals surface area contributed by atoms with E-state index >= 15 is 0 Å². The van der Waals surface area contributed by atoms with Crippen LogP contribution in [0.4, 0.5) is 0 Å². The van der Waals surface area contributed by atoms with Crippen molar-refractivity contribution in [2.24, 2.45) is 17.3 Å². The monoisotopic (exact) mass is 268 g/mol. The zero-order valence-corrected chi connectivity index (χ0v) is 13.2. The van der Waals surface area contributed by atoms with Crippen molar-refractivity contribution in [2.75, 3.05) is 0 Å². The molecule has 2 aliphatic carbocycles. The van der Waals surface area contributed by atoms with Crippen LogP contribution in [0.3, 0.4) is 0 Å². The SMILES string of the molecule is CCCC[C@@H]1[C@H]2C=Cc3ccccc3[C@@H]2CCC1(C)C. The van der Waals surface area contributed by atoms with Gasteiger partial charge in [0.15, 0.2) is 0 Å². The van der Waals surface area contributed by atoms with Gasteiger partial charge in [0.05, 0.1) is 0 Å². The van der Waals surface area contributed by atoms with E-state index in [9.17, 15) is 0 Å². The Morgan fingerprint density at radius 1 is 1.20 bits per heavy atom. The first-order valence-electron chi connectivity index (χ1n) is 8.40. The molecule has 0 heteroatoms. The van der Waals surface area contributed by atoms with E-state index in [-0.39, 0.29) is 0 Å². The quantitative estimate of drug-likeness (QED) is 0.627. The Labute approximate surface area is 124 Å². The normalized spacial score (nSPS) is 30.6. The van der Waals surface area contributed by atoms with Crippen LogP contribution >= 0.6 is 0 Å². The topological polar surface area (TPSA) is 0 Å². The highest BCUT2D eigenvalue weighted by Crippen LogP contribution is 2.54.